The molecule has 0 N–H and O–H groups in total. The van der Waals surface area contributed by atoms with Crippen molar-refractivity contribution < 1.29 is 14.3 Å². The third-order valence-electron chi connectivity index (χ3n) is 3.09. The first-order valence-corrected chi connectivity index (χ1v) is 6.44. The van der Waals surface area contributed by atoms with E-state index in [0.717, 1.165) is 32.4 Å². The molecule has 2 saturated heterocycles. The third kappa shape index (κ3) is 3.09. The van der Waals surface area contributed by atoms with Gasteiger partial charge in [0, 0.05) is 19.7 Å². The number of carbonyl (C=O) groups is 1. The molecule has 0 aliphatic carbocycles. The highest BCUT2D eigenvalue weighted by Crippen LogP contribution is 2.20. The lowest BCUT2D eigenvalue weighted by Gasteiger charge is -2.25. The Labute approximate surface area is 101 Å². The average Bonchev–Trinajstić information content (AvgIpc) is 2.78. The van der Waals surface area contributed by atoms with Gasteiger partial charge in [-0.1, -0.05) is 0 Å². The van der Waals surface area contributed by atoms with Crippen LogP contribution in [0.3, 0.4) is 0 Å². The van der Waals surface area contributed by atoms with Crippen molar-refractivity contribution in [2.45, 2.75) is 38.1 Å². The van der Waals surface area contributed by atoms with Gasteiger partial charge in [-0.15, -0.1) is 11.6 Å². The molecule has 2 atom stereocenters. The standard InChI is InChI=1S/C11H18ClNO3/c12-7-10(14)13-5-4-9(8-13)16-11-3-1-2-6-15-11/h9,11H,1-8H2/t9?,11-/m1/s1. The molecule has 0 radical (unpaired) electrons. The largest absolute Gasteiger partial charge is 0.353 e. The summed E-state index contributed by atoms with van der Waals surface area (Å²) in [6, 6.07) is 0. The molecule has 2 fully saturated rings. The minimum Gasteiger partial charge on any atom is -0.353 e. The predicted molar refractivity (Wildman–Crippen MR) is 60.4 cm³/mol. The Balaban J connectivity index is 1.73. The second-order valence-corrected chi connectivity index (χ2v) is 4.58. The van der Waals surface area contributed by atoms with Crippen LogP contribution in [0.1, 0.15) is 25.7 Å². The molecule has 0 saturated carbocycles. The maximum atomic E-state index is 11.4. The Morgan fingerprint density at radius 2 is 2.31 bits per heavy atom. The third-order valence-corrected chi connectivity index (χ3v) is 3.32. The Bertz CT molecular complexity index is 243. The minimum absolute atomic E-state index is 0.00247. The highest BCUT2D eigenvalue weighted by molar-refractivity contribution is 6.27. The molecule has 0 spiro atoms. The average molecular weight is 248 g/mol. The number of halogens is 1. The van der Waals surface area contributed by atoms with Gasteiger partial charge in [0.05, 0.1) is 6.10 Å². The van der Waals surface area contributed by atoms with Gasteiger partial charge in [0.1, 0.15) is 5.88 Å². The molecule has 2 rings (SSSR count). The SMILES string of the molecule is O=C(CCl)N1CCC(O[C@@H]2CCCCO2)C1. The first kappa shape index (κ1) is 12.1. The summed E-state index contributed by atoms with van der Waals surface area (Å²) < 4.78 is 11.3. The van der Waals surface area contributed by atoms with E-state index in [-0.39, 0.29) is 24.2 Å². The van der Waals surface area contributed by atoms with Crippen molar-refractivity contribution in [2.75, 3.05) is 25.6 Å². The molecule has 4 nitrogen and oxygen atoms in total. The molecule has 2 aliphatic heterocycles. The highest BCUT2D eigenvalue weighted by Gasteiger charge is 2.29. The lowest BCUT2D eigenvalue weighted by Crippen LogP contribution is -2.33. The molecular weight excluding hydrogens is 230 g/mol. The second-order valence-electron chi connectivity index (χ2n) is 4.32. The van der Waals surface area contributed by atoms with E-state index in [1.165, 1.54) is 6.42 Å². The number of likely N-dealkylation sites (tertiary alicyclic amines) is 1. The molecule has 2 aliphatic rings. The summed E-state index contributed by atoms with van der Waals surface area (Å²) >= 11 is 5.51. The van der Waals surface area contributed by atoms with Crippen molar-refractivity contribution >= 4 is 17.5 Å². The van der Waals surface area contributed by atoms with Crippen LogP contribution in [0.2, 0.25) is 0 Å². The number of ether oxygens (including phenoxy) is 2. The molecule has 0 aromatic carbocycles. The van der Waals surface area contributed by atoms with Crippen molar-refractivity contribution in [1.82, 2.24) is 4.90 Å². The number of hydrogen-bond acceptors (Lipinski definition) is 3. The second kappa shape index (κ2) is 5.84. The van der Waals surface area contributed by atoms with E-state index >= 15 is 0 Å². The van der Waals surface area contributed by atoms with Crippen LogP contribution in [-0.2, 0) is 14.3 Å². The number of amides is 1. The van der Waals surface area contributed by atoms with Crippen LogP contribution in [-0.4, -0.2) is 48.8 Å². The zero-order valence-corrected chi connectivity index (χ0v) is 10.1. The molecule has 16 heavy (non-hydrogen) atoms. The van der Waals surface area contributed by atoms with Crippen LogP contribution >= 0.6 is 11.6 Å². The van der Waals surface area contributed by atoms with Crippen molar-refractivity contribution in [3.05, 3.63) is 0 Å². The van der Waals surface area contributed by atoms with Gasteiger partial charge in [-0.3, -0.25) is 4.79 Å². The fraction of sp³-hybridized carbons (Fsp3) is 0.909. The van der Waals surface area contributed by atoms with Gasteiger partial charge in [0.15, 0.2) is 6.29 Å². The van der Waals surface area contributed by atoms with Crippen LogP contribution in [0, 0.1) is 0 Å². The summed E-state index contributed by atoms with van der Waals surface area (Å²) in [5, 5.41) is 0. The van der Waals surface area contributed by atoms with Crippen LogP contribution < -0.4 is 0 Å². The topological polar surface area (TPSA) is 38.8 Å². The lowest BCUT2D eigenvalue weighted by molar-refractivity contribution is -0.185. The molecule has 5 heteroatoms. The van der Waals surface area contributed by atoms with Gasteiger partial charge < -0.3 is 14.4 Å². The Hall–Kier alpha value is -0.320. The first-order valence-electron chi connectivity index (χ1n) is 5.90. The van der Waals surface area contributed by atoms with E-state index in [4.69, 9.17) is 21.1 Å². The van der Waals surface area contributed by atoms with Crippen LogP contribution in [0.15, 0.2) is 0 Å². The Morgan fingerprint density at radius 3 is 3.00 bits per heavy atom. The lowest BCUT2D eigenvalue weighted by atomic mass is 10.2. The maximum absolute atomic E-state index is 11.4. The number of carbonyl (C=O) groups excluding carboxylic acids is 1. The predicted octanol–water partition coefficient (Wildman–Crippen LogP) is 1.37. The number of hydrogen-bond donors (Lipinski definition) is 0. The molecule has 92 valence electrons. The number of alkyl halides is 1. The normalized spacial score (nSPS) is 30.7. The van der Waals surface area contributed by atoms with E-state index in [1.54, 1.807) is 4.90 Å². The quantitative estimate of drug-likeness (QED) is 0.707. The van der Waals surface area contributed by atoms with Crippen LogP contribution in [0.5, 0.6) is 0 Å². The fourth-order valence-electron chi connectivity index (χ4n) is 2.18. The molecule has 0 aromatic rings. The van der Waals surface area contributed by atoms with E-state index in [1.807, 2.05) is 0 Å². The van der Waals surface area contributed by atoms with Gasteiger partial charge in [0.25, 0.3) is 0 Å². The number of rotatable bonds is 3. The first-order chi connectivity index (χ1) is 7.79. The van der Waals surface area contributed by atoms with Crippen molar-refractivity contribution in [2.24, 2.45) is 0 Å². The van der Waals surface area contributed by atoms with Crippen molar-refractivity contribution in [3.63, 3.8) is 0 Å². The number of nitrogens with zero attached hydrogens (tertiary/aromatic N) is 1. The summed E-state index contributed by atoms with van der Waals surface area (Å²) in [7, 11) is 0. The van der Waals surface area contributed by atoms with E-state index in [2.05, 4.69) is 0 Å². The summed E-state index contributed by atoms with van der Waals surface area (Å²) in [6.45, 7) is 2.20. The zero-order chi connectivity index (χ0) is 11.4. The van der Waals surface area contributed by atoms with E-state index in [0.29, 0.717) is 6.54 Å². The minimum atomic E-state index is -0.0650. The molecule has 0 aromatic heterocycles. The highest BCUT2D eigenvalue weighted by atomic mass is 35.5. The van der Waals surface area contributed by atoms with Crippen molar-refractivity contribution in [3.8, 4) is 0 Å². The van der Waals surface area contributed by atoms with E-state index in [9.17, 15) is 4.79 Å². The Kier molecular flexibility index (Phi) is 4.44. The fourth-order valence-corrected chi connectivity index (χ4v) is 2.35. The smallest absolute Gasteiger partial charge is 0.237 e. The van der Waals surface area contributed by atoms with Gasteiger partial charge in [-0.2, -0.15) is 0 Å². The summed E-state index contributed by atoms with van der Waals surface area (Å²) in [5.74, 6) is 0.0597. The van der Waals surface area contributed by atoms with E-state index < -0.39 is 0 Å². The van der Waals surface area contributed by atoms with Gasteiger partial charge >= 0.3 is 0 Å². The molecule has 0 bridgehead atoms. The van der Waals surface area contributed by atoms with Gasteiger partial charge in [-0.05, 0) is 25.7 Å². The zero-order valence-electron chi connectivity index (χ0n) is 9.36. The molecule has 2 heterocycles. The summed E-state index contributed by atoms with van der Waals surface area (Å²) in [6.07, 6.45) is 4.21. The van der Waals surface area contributed by atoms with Gasteiger partial charge in [-0.25, -0.2) is 0 Å². The molecule has 1 unspecified atom stereocenters. The molecular formula is C11H18ClNO3. The monoisotopic (exact) mass is 247 g/mol. The van der Waals surface area contributed by atoms with Crippen LogP contribution in [0.25, 0.3) is 0 Å². The maximum Gasteiger partial charge on any atom is 0.237 e. The summed E-state index contributed by atoms with van der Waals surface area (Å²) in [5.41, 5.74) is 0. The van der Waals surface area contributed by atoms with Crippen LogP contribution in [0.4, 0.5) is 0 Å². The Morgan fingerprint density at radius 1 is 1.44 bits per heavy atom. The molecule has 1 amide bonds. The summed E-state index contributed by atoms with van der Waals surface area (Å²) in [4.78, 5) is 13.1. The van der Waals surface area contributed by atoms with Crippen molar-refractivity contribution in [1.29, 1.82) is 0 Å². The van der Waals surface area contributed by atoms with Gasteiger partial charge in [0.2, 0.25) is 5.91 Å².